The van der Waals surface area contributed by atoms with Crippen LogP contribution in [0.3, 0.4) is 0 Å². The number of nitrogens with zero attached hydrogens (tertiary/aromatic N) is 1. The van der Waals surface area contributed by atoms with Crippen LogP contribution in [0.2, 0.25) is 0 Å². The molecule has 2 N–H and O–H groups in total. The van der Waals surface area contributed by atoms with E-state index in [1.807, 2.05) is 22.4 Å². The number of nitrogens with one attached hydrogen (secondary N) is 1. The number of hydrogen-bond donors (Lipinski definition) is 2. The summed E-state index contributed by atoms with van der Waals surface area (Å²) in [5, 5.41) is 15.8. The van der Waals surface area contributed by atoms with Gasteiger partial charge in [0.25, 0.3) is 5.91 Å². The molecule has 2 aromatic heterocycles. The van der Waals surface area contributed by atoms with Gasteiger partial charge in [0.1, 0.15) is 6.26 Å². The highest BCUT2D eigenvalue weighted by atomic mass is 32.1. The van der Waals surface area contributed by atoms with Crippen molar-refractivity contribution >= 4 is 17.2 Å². The molecule has 3 heterocycles. The Morgan fingerprint density at radius 2 is 2.25 bits per heavy atom. The van der Waals surface area contributed by atoms with E-state index in [0.717, 1.165) is 30.8 Å². The lowest BCUT2D eigenvalue weighted by atomic mass is 10.0. The lowest BCUT2D eigenvalue weighted by Gasteiger charge is -2.34. The summed E-state index contributed by atoms with van der Waals surface area (Å²) in [6.07, 6.45) is 5.19. The van der Waals surface area contributed by atoms with Crippen molar-refractivity contribution in [3.63, 3.8) is 0 Å². The number of thiophene rings is 1. The number of likely N-dealkylation sites (tertiary alicyclic amines) is 1. The van der Waals surface area contributed by atoms with E-state index in [1.165, 1.54) is 12.5 Å². The van der Waals surface area contributed by atoms with Gasteiger partial charge in [-0.2, -0.15) is 0 Å². The minimum atomic E-state index is -0.407. The molecule has 0 radical (unpaired) electrons. The van der Waals surface area contributed by atoms with Gasteiger partial charge in [-0.1, -0.05) is 6.07 Å². The predicted molar refractivity (Wildman–Crippen MR) is 94.1 cm³/mol. The molecule has 6 heteroatoms. The molecule has 0 aromatic carbocycles. The molecule has 3 rings (SSSR count). The van der Waals surface area contributed by atoms with Gasteiger partial charge in [-0.25, -0.2) is 0 Å². The molecule has 1 amide bonds. The largest absolute Gasteiger partial charge is 0.472 e. The first-order valence-corrected chi connectivity index (χ1v) is 9.30. The van der Waals surface area contributed by atoms with Crippen molar-refractivity contribution in [1.29, 1.82) is 0 Å². The Hall–Kier alpha value is -1.63. The topological polar surface area (TPSA) is 65.7 Å². The van der Waals surface area contributed by atoms with Crippen LogP contribution in [0.4, 0.5) is 0 Å². The van der Waals surface area contributed by atoms with Crippen LogP contribution in [-0.2, 0) is 0 Å². The number of aliphatic hydroxyl groups is 1. The smallest absolute Gasteiger partial charge is 0.257 e. The van der Waals surface area contributed by atoms with E-state index in [1.54, 1.807) is 17.4 Å². The van der Waals surface area contributed by atoms with E-state index in [-0.39, 0.29) is 11.9 Å². The Morgan fingerprint density at radius 3 is 2.88 bits per heavy atom. The summed E-state index contributed by atoms with van der Waals surface area (Å²) in [6.45, 7) is 3.61. The van der Waals surface area contributed by atoms with Gasteiger partial charge in [0.2, 0.25) is 0 Å². The second kappa shape index (κ2) is 7.96. The number of hydrogen-bond acceptors (Lipinski definition) is 5. The number of rotatable bonds is 6. The zero-order valence-electron chi connectivity index (χ0n) is 13.9. The standard InChI is InChI=1S/C18H24N2O3S/c1-13(11-16(21)17-3-2-10-24-17)19-15-4-7-20(8-5-15)18(22)14-6-9-23-12-14/h2-3,6,9-10,12-13,15-16,19,21H,4-5,7-8,11H2,1H3. The van der Waals surface area contributed by atoms with Gasteiger partial charge in [-0.05, 0) is 43.7 Å². The van der Waals surface area contributed by atoms with Crippen molar-refractivity contribution in [3.05, 3.63) is 46.5 Å². The molecule has 2 aromatic rings. The van der Waals surface area contributed by atoms with Gasteiger partial charge < -0.3 is 19.7 Å². The maximum atomic E-state index is 12.3. The van der Waals surface area contributed by atoms with E-state index in [4.69, 9.17) is 4.42 Å². The van der Waals surface area contributed by atoms with E-state index in [2.05, 4.69) is 12.2 Å². The Balaban J connectivity index is 1.42. The van der Waals surface area contributed by atoms with Gasteiger partial charge in [-0.3, -0.25) is 4.79 Å². The Bertz CT molecular complexity index is 619. The summed E-state index contributed by atoms with van der Waals surface area (Å²) >= 11 is 1.59. The fraction of sp³-hybridized carbons (Fsp3) is 0.500. The highest BCUT2D eigenvalue weighted by molar-refractivity contribution is 7.10. The molecule has 1 aliphatic rings. The highest BCUT2D eigenvalue weighted by Crippen LogP contribution is 2.23. The summed E-state index contributed by atoms with van der Waals surface area (Å²) in [6, 6.07) is 6.28. The normalized spacial score (nSPS) is 18.5. The zero-order chi connectivity index (χ0) is 16.9. The quantitative estimate of drug-likeness (QED) is 0.842. The number of amides is 1. The minimum absolute atomic E-state index is 0.0448. The van der Waals surface area contributed by atoms with Gasteiger partial charge >= 0.3 is 0 Å². The first-order valence-electron chi connectivity index (χ1n) is 8.42. The molecule has 0 aliphatic carbocycles. The van der Waals surface area contributed by atoms with Crippen LogP contribution < -0.4 is 5.32 Å². The van der Waals surface area contributed by atoms with Crippen molar-refractivity contribution in [2.45, 2.75) is 44.4 Å². The summed E-state index contributed by atoms with van der Waals surface area (Å²) in [7, 11) is 0. The lowest BCUT2D eigenvalue weighted by Crippen LogP contribution is -2.47. The van der Waals surface area contributed by atoms with Crippen molar-refractivity contribution in [3.8, 4) is 0 Å². The third-order valence-electron chi connectivity index (χ3n) is 4.52. The fourth-order valence-electron chi connectivity index (χ4n) is 3.22. The summed E-state index contributed by atoms with van der Waals surface area (Å²) in [5.41, 5.74) is 0.619. The molecular weight excluding hydrogens is 324 g/mol. The molecule has 1 saturated heterocycles. The molecule has 2 unspecified atom stereocenters. The van der Waals surface area contributed by atoms with Gasteiger partial charge in [0.05, 0.1) is 17.9 Å². The number of carbonyl (C=O) groups excluding carboxylic acids is 1. The Morgan fingerprint density at radius 1 is 1.46 bits per heavy atom. The first kappa shape index (κ1) is 17.2. The predicted octanol–water partition coefficient (Wildman–Crippen LogP) is 3.05. The van der Waals surface area contributed by atoms with Crippen LogP contribution in [-0.4, -0.2) is 41.1 Å². The van der Waals surface area contributed by atoms with Crippen LogP contribution in [0, 0.1) is 0 Å². The molecule has 1 fully saturated rings. The van der Waals surface area contributed by atoms with Crippen molar-refractivity contribution in [2.24, 2.45) is 0 Å². The maximum absolute atomic E-state index is 12.3. The summed E-state index contributed by atoms with van der Waals surface area (Å²) in [4.78, 5) is 15.2. The SMILES string of the molecule is CC(CC(O)c1cccs1)NC1CCN(C(=O)c2ccoc2)CC1. The molecular formula is C18H24N2O3S. The average Bonchev–Trinajstić information content (AvgIpc) is 3.28. The van der Waals surface area contributed by atoms with E-state index >= 15 is 0 Å². The fourth-order valence-corrected chi connectivity index (χ4v) is 3.95. The van der Waals surface area contributed by atoms with Crippen LogP contribution in [0.15, 0.2) is 40.5 Å². The van der Waals surface area contributed by atoms with Crippen LogP contribution in [0.1, 0.15) is 47.5 Å². The van der Waals surface area contributed by atoms with Crippen molar-refractivity contribution in [1.82, 2.24) is 10.2 Å². The third kappa shape index (κ3) is 4.26. The number of furan rings is 1. The first-order chi connectivity index (χ1) is 11.6. The number of piperidine rings is 1. The third-order valence-corrected chi connectivity index (χ3v) is 5.49. The summed E-state index contributed by atoms with van der Waals surface area (Å²) < 4.78 is 4.99. The summed E-state index contributed by atoms with van der Waals surface area (Å²) in [5.74, 6) is 0.0448. The van der Waals surface area contributed by atoms with Crippen molar-refractivity contribution < 1.29 is 14.3 Å². The second-order valence-corrected chi connectivity index (χ2v) is 7.39. The molecule has 130 valence electrons. The van der Waals surface area contributed by atoms with E-state index in [9.17, 15) is 9.90 Å². The van der Waals surface area contributed by atoms with Gasteiger partial charge in [0, 0.05) is 30.1 Å². The lowest BCUT2D eigenvalue weighted by molar-refractivity contribution is 0.0698. The average molecular weight is 348 g/mol. The second-order valence-electron chi connectivity index (χ2n) is 6.41. The Labute approximate surface area is 146 Å². The zero-order valence-corrected chi connectivity index (χ0v) is 14.7. The molecule has 0 saturated carbocycles. The highest BCUT2D eigenvalue weighted by Gasteiger charge is 2.25. The monoisotopic (exact) mass is 348 g/mol. The minimum Gasteiger partial charge on any atom is -0.472 e. The Kier molecular flexibility index (Phi) is 5.71. The number of aliphatic hydroxyl groups excluding tert-OH is 1. The number of carbonyl (C=O) groups is 1. The van der Waals surface area contributed by atoms with Crippen LogP contribution in [0.25, 0.3) is 0 Å². The van der Waals surface area contributed by atoms with E-state index < -0.39 is 6.10 Å². The van der Waals surface area contributed by atoms with Crippen LogP contribution in [0.5, 0.6) is 0 Å². The molecule has 0 bridgehead atoms. The molecule has 2 atom stereocenters. The molecule has 1 aliphatic heterocycles. The van der Waals surface area contributed by atoms with Gasteiger partial charge in [0.15, 0.2) is 0 Å². The van der Waals surface area contributed by atoms with Crippen molar-refractivity contribution in [2.75, 3.05) is 13.1 Å². The maximum Gasteiger partial charge on any atom is 0.257 e. The van der Waals surface area contributed by atoms with Gasteiger partial charge in [-0.15, -0.1) is 11.3 Å². The molecule has 0 spiro atoms. The molecule has 24 heavy (non-hydrogen) atoms. The van der Waals surface area contributed by atoms with Crippen LogP contribution >= 0.6 is 11.3 Å². The van der Waals surface area contributed by atoms with E-state index in [0.29, 0.717) is 18.0 Å². The molecule has 5 nitrogen and oxygen atoms in total.